The van der Waals surface area contributed by atoms with Gasteiger partial charge >= 0.3 is 0 Å². The van der Waals surface area contributed by atoms with Crippen molar-refractivity contribution >= 4 is 5.91 Å². The van der Waals surface area contributed by atoms with Crippen LogP contribution in [0.4, 0.5) is 0 Å². The first-order valence-electron chi connectivity index (χ1n) is 15.4. The Kier molecular flexibility index (Phi) is 7.27. The summed E-state index contributed by atoms with van der Waals surface area (Å²) in [6.45, 7) is 9.22. The van der Waals surface area contributed by atoms with Crippen LogP contribution in [-0.4, -0.2) is 28.8 Å². The first-order valence-corrected chi connectivity index (χ1v) is 15.4. The van der Waals surface area contributed by atoms with Gasteiger partial charge in [0, 0.05) is 17.2 Å². The summed E-state index contributed by atoms with van der Waals surface area (Å²) in [4.78, 5) is 14.0. The molecule has 3 aromatic rings. The Hall–Kier alpha value is -3.08. The number of nitrogens with zero attached hydrogens (tertiary/aromatic N) is 2. The van der Waals surface area contributed by atoms with Crippen molar-refractivity contribution in [2.45, 2.75) is 91.0 Å². The van der Waals surface area contributed by atoms with E-state index in [9.17, 15) is 4.79 Å². The molecule has 6 rings (SSSR count). The van der Waals surface area contributed by atoms with Gasteiger partial charge in [0.25, 0.3) is 0 Å². The highest BCUT2D eigenvalue weighted by Crippen LogP contribution is 2.51. The zero-order valence-electron chi connectivity index (χ0n) is 24.9. The standard InChI is InChI=1S/C35H45N3O2/c1-22-9-11-26(12-10-22)33-30-7-6-8-31(32(30)37-38(33)28-13-15-29(40-5)16-14-28)34(39)36-24(3)35(4)18-17-27-20-25(21-35)19-23(27)2/h9-16,23-25,27,31H,6-8,17-21H2,1-5H3,(H,36,39). The highest BCUT2D eigenvalue weighted by atomic mass is 16.5. The van der Waals surface area contributed by atoms with Crippen molar-refractivity contribution in [2.75, 3.05) is 7.11 Å². The topological polar surface area (TPSA) is 56.2 Å². The number of benzene rings is 2. The molecule has 2 saturated carbocycles. The van der Waals surface area contributed by atoms with Crippen LogP contribution < -0.4 is 10.1 Å². The molecule has 5 heteroatoms. The Morgan fingerprint density at radius 2 is 1.85 bits per heavy atom. The number of aryl methyl sites for hydroxylation is 1. The Balaban J connectivity index is 1.31. The van der Waals surface area contributed by atoms with Gasteiger partial charge in [-0.15, -0.1) is 0 Å². The number of ether oxygens (including phenoxy) is 1. The predicted octanol–water partition coefficient (Wildman–Crippen LogP) is 7.63. The molecule has 40 heavy (non-hydrogen) atoms. The summed E-state index contributed by atoms with van der Waals surface area (Å²) >= 11 is 0. The minimum atomic E-state index is -0.222. The van der Waals surface area contributed by atoms with Gasteiger partial charge in [-0.05, 0) is 113 Å². The molecule has 212 valence electrons. The molecule has 2 aromatic carbocycles. The summed E-state index contributed by atoms with van der Waals surface area (Å²) in [5, 5.41) is 8.71. The number of hydrogen-bond donors (Lipinski definition) is 1. The summed E-state index contributed by atoms with van der Waals surface area (Å²) in [7, 11) is 1.68. The molecule has 2 bridgehead atoms. The second kappa shape index (κ2) is 10.7. The molecular formula is C35H45N3O2. The van der Waals surface area contributed by atoms with E-state index in [0.717, 1.165) is 65.4 Å². The molecule has 3 aliphatic rings. The van der Waals surface area contributed by atoms with E-state index in [1.807, 2.05) is 28.9 Å². The average molecular weight is 540 g/mol. The maximum Gasteiger partial charge on any atom is 0.229 e. The lowest BCUT2D eigenvalue weighted by molar-refractivity contribution is -0.124. The summed E-state index contributed by atoms with van der Waals surface area (Å²) < 4.78 is 7.45. The average Bonchev–Trinajstić information content (AvgIpc) is 3.45. The number of amides is 1. The second-order valence-electron chi connectivity index (χ2n) is 13.3. The van der Waals surface area contributed by atoms with Gasteiger partial charge < -0.3 is 10.1 Å². The van der Waals surface area contributed by atoms with Crippen molar-refractivity contribution in [1.82, 2.24) is 15.1 Å². The van der Waals surface area contributed by atoms with Gasteiger partial charge in [0.1, 0.15) is 5.75 Å². The van der Waals surface area contributed by atoms with E-state index in [2.05, 4.69) is 57.3 Å². The van der Waals surface area contributed by atoms with E-state index in [1.165, 1.54) is 43.2 Å². The molecule has 2 fully saturated rings. The summed E-state index contributed by atoms with van der Waals surface area (Å²) in [5.74, 6) is 3.29. The van der Waals surface area contributed by atoms with Crippen LogP contribution in [-0.2, 0) is 11.2 Å². The maximum atomic E-state index is 14.0. The zero-order valence-corrected chi connectivity index (χ0v) is 24.9. The molecule has 0 radical (unpaired) electrons. The Morgan fingerprint density at radius 1 is 1.10 bits per heavy atom. The molecule has 6 unspecified atom stereocenters. The van der Waals surface area contributed by atoms with Gasteiger partial charge in [-0.25, -0.2) is 4.68 Å². The van der Waals surface area contributed by atoms with Crippen LogP contribution in [0.15, 0.2) is 48.5 Å². The smallest absolute Gasteiger partial charge is 0.229 e. The van der Waals surface area contributed by atoms with Crippen molar-refractivity contribution in [3.8, 4) is 22.7 Å². The Bertz CT molecular complexity index is 1360. The third-order valence-corrected chi connectivity index (χ3v) is 10.6. The molecule has 3 aliphatic carbocycles. The molecule has 0 saturated heterocycles. The van der Waals surface area contributed by atoms with Crippen LogP contribution in [0.5, 0.6) is 5.75 Å². The molecule has 1 amide bonds. The van der Waals surface area contributed by atoms with Gasteiger partial charge in [-0.3, -0.25) is 4.79 Å². The van der Waals surface area contributed by atoms with E-state index < -0.39 is 0 Å². The lowest BCUT2D eigenvalue weighted by Gasteiger charge is -2.39. The molecule has 0 aliphatic heterocycles. The molecule has 1 heterocycles. The second-order valence-corrected chi connectivity index (χ2v) is 13.3. The van der Waals surface area contributed by atoms with E-state index >= 15 is 0 Å². The third kappa shape index (κ3) is 4.97. The van der Waals surface area contributed by atoms with Gasteiger partial charge in [0.15, 0.2) is 0 Å². The first kappa shape index (κ1) is 27.1. The van der Waals surface area contributed by atoms with Crippen molar-refractivity contribution in [3.63, 3.8) is 0 Å². The number of aromatic nitrogens is 2. The number of fused-ring (bicyclic) bond motifs is 3. The summed E-state index contributed by atoms with van der Waals surface area (Å²) in [6, 6.07) is 16.9. The molecule has 6 atom stereocenters. The van der Waals surface area contributed by atoms with E-state index in [1.54, 1.807) is 7.11 Å². The van der Waals surface area contributed by atoms with Crippen LogP contribution >= 0.6 is 0 Å². The van der Waals surface area contributed by atoms with Crippen LogP contribution in [0, 0.1) is 30.1 Å². The maximum absolute atomic E-state index is 14.0. The number of carbonyl (C=O) groups is 1. The number of nitrogens with one attached hydrogen (secondary N) is 1. The molecule has 1 N–H and O–H groups in total. The monoisotopic (exact) mass is 539 g/mol. The highest BCUT2D eigenvalue weighted by molar-refractivity contribution is 5.85. The first-order chi connectivity index (χ1) is 19.3. The molecule has 0 spiro atoms. The SMILES string of the molecule is COc1ccc(-n2nc3c(c2-c2ccc(C)cc2)CCCC3C(=O)NC(C)C2(C)CCC3CC(CC3C)C2)cc1. The lowest BCUT2D eigenvalue weighted by atomic mass is 9.71. The Labute approximate surface area is 239 Å². The van der Waals surface area contributed by atoms with E-state index in [0.29, 0.717) is 0 Å². The molecular weight excluding hydrogens is 494 g/mol. The number of rotatable bonds is 6. The van der Waals surface area contributed by atoms with Gasteiger partial charge in [0.05, 0.1) is 30.1 Å². The molecule has 5 nitrogen and oxygen atoms in total. The fourth-order valence-electron chi connectivity index (χ4n) is 7.99. The molecule has 1 aromatic heterocycles. The van der Waals surface area contributed by atoms with Gasteiger partial charge in [0.2, 0.25) is 5.91 Å². The lowest BCUT2D eigenvalue weighted by Crippen LogP contribution is -2.47. The van der Waals surface area contributed by atoms with Crippen LogP contribution in [0.2, 0.25) is 0 Å². The van der Waals surface area contributed by atoms with Gasteiger partial charge in [-0.2, -0.15) is 5.10 Å². The number of hydrogen-bond acceptors (Lipinski definition) is 3. The fraction of sp³-hybridized carbons (Fsp3) is 0.543. The van der Waals surface area contributed by atoms with E-state index in [-0.39, 0.29) is 23.3 Å². The quantitative estimate of drug-likeness (QED) is 0.350. The summed E-state index contributed by atoms with van der Waals surface area (Å²) in [5.41, 5.74) is 6.77. The van der Waals surface area contributed by atoms with Crippen LogP contribution in [0.1, 0.15) is 88.5 Å². The minimum Gasteiger partial charge on any atom is -0.497 e. The van der Waals surface area contributed by atoms with Crippen LogP contribution in [0.25, 0.3) is 16.9 Å². The Morgan fingerprint density at radius 3 is 2.58 bits per heavy atom. The van der Waals surface area contributed by atoms with Crippen LogP contribution in [0.3, 0.4) is 0 Å². The van der Waals surface area contributed by atoms with Crippen molar-refractivity contribution < 1.29 is 9.53 Å². The minimum absolute atomic E-state index is 0.146. The summed E-state index contributed by atoms with van der Waals surface area (Å²) in [6.07, 6.45) is 9.25. The van der Waals surface area contributed by atoms with Crippen molar-refractivity contribution in [3.05, 3.63) is 65.4 Å². The largest absolute Gasteiger partial charge is 0.497 e. The predicted molar refractivity (Wildman–Crippen MR) is 161 cm³/mol. The number of methoxy groups -OCH3 is 1. The van der Waals surface area contributed by atoms with Gasteiger partial charge in [-0.1, -0.05) is 43.7 Å². The fourth-order valence-corrected chi connectivity index (χ4v) is 7.99. The van der Waals surface area contributed by atoms with Crippen molar-refractivity contribution in [2.24, 2.45) is 23.2 Å². The number of carbonyl (C=O) groups excluding carboxylic acids is 1. The van der Waals surface area contributed by atoms with Crippen molar-refractivity contribution in [1.29, 1.82) is 0 Å². The highest BCUT2D eigenvalue weighted by Gasteiger charge is 2.44. The normalized spacial score (nSPS) is 28.4. The van der Waals surface area contributed by atoms with E-state index in [4.69, 9.17) is 9.84 Å². The zero-order chi connectivity index (χ0) is 28.0. The third-order valence-electron chi connectivity index (χ3n) is 10.6.